The van der Waals surface area contributed by atoms with Gasteiger partial charge in [-0.25, -0.2) is 12.7 Å². The molecule has 108 valence electrons. The second kappa shape index (κ2) is 7.08. The van der Waals surface area contributed by atoms with Crippen molar-refractivity contribution in [3.8, 4) is 0 Å². The summed E-state index contributed by atoms with van der Waals surface area (Å²) in [7, 11) is -1.03. The third-order valence-electron chi connectivity index (χ3n) is 4.26. The van der Waals surface area contributed by atoms with Gasteiger partial charge in [0, 0.05) is 19.1 Å². The van der Waals surface area contributed by atoms with Gasteiger partial charge in [0.1, 0.15) is 0 Å². The van der Waals surface area contributed by atoms with Crippen LogP contribution in [0.4, 0.5) is 0 Å². The van der Waals surface area contributed by atoms with Crippen molar-refractivity contribution < 1.29 is 8.42 Å². The van der Waals surface area contributed by atoms with E-state index in [1.165, 1.54) is 19.3 Å². The maximum Gasteiger partial charge on any atom is 0.214 e. The van der Waals surface area contributed by atoms with Crippen LogP contribution in [-0.2, 0) is 10.0 Å². The van der Waals surface area contributed by atoms with Crippen LogP contribution in [0.1, 0.15) is 38.5 Å². The van der Waals surface area contributed by atoms with Gasteiger partial charge in [0.2, 0.25) is 10.0 Å². The molecule has 0 spiro atoms. The van der Waals surface area contributed by atoms with Gasteiger partial charge < -0.3 is 5.32 Å². The highest BCUT2D eigenvalue weighted by molar-refractivity contribution is 7.89. The van der Waals surface area contributed by atoms with E-state index >= 15 is 0 Å². The number of rotatable bonds is 5. The molecule has 1 aliphatic heterocycles. The first-order valence-corrected chi connectivity index (χ1v) is 8.38. The molecule has 1 aliphatic carbocycles. The molecule has 1 saturated heterocycles. The molecule has 0 atom stereocenters. The first-order chi connectivity index (χ1) is 8.12. The van der Waals surface area contributed by atoms with E-state index in [1.807, 2.05) is 7.05 Å². The summed E-state index contributed by atoms with van der Waals surface area (Å²) < 4.78 is 26.0. The summed E-state index contributed by atoms with van der Waals surface area (Å²) >= 11 is 0. The SMILES string of the molecule is CNC1CCN(S(=O)(=O)CCC2CCC2)CC1.Cl. The Bertz CT molecular complexity index is 336. The van der Waals surface area contributed by atoms with Crippen molar-refractivity contribution in [2.75, 3.05) is 25.9 Å². The summed E-state index contributed by atoms with van der Waals surface area (Å²) in [6.45, 7) is 1.39. The van der Waals surface area contributed by atoms with Crippen molar-refractivity contribution in [2.24, 2.45) is 5.92 Å². The normalized spacial score (nSPS) is 23.4. The van der Waals surface area contributed by atoms with E-state index in [4.69, 9.17) is 0 Å². The molecule has 2 rings (SSSR count). The van der Waals surface area contributed by atoms with Crippen LogP contribution in [0.5, 0.6) is 0 Å². The Labute approximate surface area is 117 Å². The molecule has 0 aromatic heterocycles. The summed E-state index contributed by atoms with van der Waals surface area (Å²) in [5.74, 6) is 1.04. The Morgan fingerprint density at radius 2 is 1.78 bits per heavy atom. The zero-order chi connectivity index (χ0) is 12.3. The topological polar surface area (TPSA) is 49.4 Å². The summed E-state index contributed by atoms with van der Waals surface area (Å²) in [4.78, 5) is 0. The van der Waals surface area contributed by atoms with Crippen molar-refractivity contribution in [1.82, 2.24) is 9.62 Å². The van der Waals surface area contributed by atoms with E-state index in [0.29, 0.717) is 30.8 Å². The van der Waals surface area contributed by atoms with Crippen molar-refractivity contribution in [1.29, 1.82) is 0 Å². The number of hydrogen-bond acceptors (Lipinski definition) is 3. The minimum atomic E-state index is -2.98. The molecular weight excluding hydrogens is 272 g/mol. The van der Waals surface area contributed by atoms with Gasteiger partial charge in [-0.05, 0) is 32.2 Å². The zero-order valence-corrected chi connectivity index (χ0v) is 12.7. The monoisotopic (exact) mass is 296 g/mol. The van der Waals surface area contributed by atoms with E-state index in [-0.39, 0.29) is 12.4 Å². The first kappa shape index (κ1) is 16.2. The lowest BCUT2D eigenvalue weighted by Gasteiger charge is -2.32. The number of hydrogen-bond donors (Lipinski definition) is 1. The molecule has 1 heterocycles. The third kappa shape index (κ3) is 4.08. The van der Waals surface area contributed by atoms with Crippen molar-refractivity contribution in [2.45, 2.75) is 44.6 Å². The number of sulfonamides is 1. The van der Waals surface area contributed by atoms with Gasteiger partial charge in [-0.3, -0.25) is 0 Å². The lowest BCUT2D eigenvalue weighted by atomic mass is 9.84. The third-order valence-corrected chi connectivity index (χ3v) is 6.17. The molecule has 1 saturated carbocycles. The second-order valence-corrected chi connectivity index (χ2v) is 7.45. The standard InChI is InChI=1S/C12H24N2O2S.ClH/c1-13-12-5-8-14(9-6-12)17(15,16)10-7-11-3-2-4-11;/h11-13H,2-10H2,1H3;1H. The van der Waals surface area contributed by atoms with E-state index in [1.54, 1.807) is 4.31 Å². The lowest BCUT2D eigenvalue weighted by Crippen LogP contribution is -2.44. The molecule has 4 nitrogen and oxygen atoms in total. The van der Waals surface area contributed by atoms with Gasteiger partial charge in [-0.15, -0.1) is 12.4 Å². The molecular formula is C12H25ClN2O2S. The Balaban J connectivity index is 0.00000162. The fourth-order valence-corrected chi connectivity index (χ4v) is 4.31. The van der Waals surface area contributed by atoms with Gasteiger partial charge in [-0.2, -0.15) is 0 Å². The van der Waals surface area contributed by atoms with Crippen LogP contribution in [-0.4, -0.2) is 44.7 Å². The minimum Gasteiger partial charge on any atom is -0.317 e. The Hall–Kier alpha value is 0.160. The molecule has 2 aliphatic rings. The predicted octanol–water partition coefficient (Wildman–Crippen LogP) is 1.61. The van der Waals surface area contributed by atoms with E-state index in [2.05, 4.69) is 5.32 Å². The van der Waals surface area contributed by atoms with Crippen LogP contribution in [0.15, 0.2) is 0 Å². The zero-order valence-electron chi connectivity index (χ0n) is 11.1. The van der Waals surface area contributed by atoms with Crippen molar-refractivity contribution in [3.63, 3.8) is 0 Å². The Morgan fingerprint density at radius 3 is 2.22 bits per heavy atom. The highest BCUT2D eigenvalue weighted by atomic mass is 35.5. The lowest BCUT2D eigenvalue weighted by molar-refractivity contribution is 0.288. The maximum atomic E-state index is 12.1. The predicted molar refractivity (Wildman–Crippen MR) is 76.6 cm³/mol. The second-order valence-electron chi connectivity index (χ2n) is 5.36. The highest BCUT2D eigenvalue weighted by Gasteiger charge is 2.28. The van der Waals surface area contributed by atoms with E-state index in [9.17, 15) is 8.42 Å². The smallest absolute Gasteiger partial charge is 0.214 e. The summed E-state index contributed by atoms with van der Waals surface area (Å²) in [5.41, 5.74) is 0. The number of halogens is 1. The maximum absolute atomic E-state index is 12.1. The number of nitrogens with one attached hydrogen (secondary N) is 1. The molecule has 0 aromatic carbocycles. The molecule has 0 bridgehead atoms. The van der Waals surface area contributed by atoms with Crippen LogP contribution in [0.25, 0.3) is 0 Å². The summed E-state index contributed by atoms with van der Waals surface area (Å²) in [5, 5.41) is 3.22. The fraction of sp³-hybridized carbons (Fsp3) is 1.00. The van der Waals surface area contributed by atoms with Crippen LogP contribution in [0.2, 0.25) is 0 Å². The molecule has 0 amide bonds. The van der Waals surface area contributed by atoms with Gasteiger partial charge in [0.25, 0.3) is 0 Å². The van der Waals surface area contributed by atoms with Gasteiger partial charge in [0.15, 0.2) is 0 Å². The summed E-state index contributed by atoms with van der Waals surface area (Å²) in [6.07, 6.45) is 6.51. The minimum absolute atomic E-state index is 0. The highest BCUT2D eigenvalue weighted by Crippen LogP contribution is 2.30. The fourth-order valence-electron chi connectivity index (χ4n) is 2.65. The molecule has 6 heteroatoms. The van der Waals surface area contributed by atoms with Crippen LogP contribution < -0.4 is 5.32 Å². The van der Waals surface area contributed by atoms with Crippen molar-refractivity contribution in [3.05, 3.63) is 0 Å². The largest absolute Gasteiger partial charge is 0.317 e. The molecule has 0 radical (unpaired) electrons. The van der Waals surface area contributed by atoms with Crippen LogP contribution >= 0.6 is 12.4 Å². The molecule has 0 unspecified atom stereocenters. The molecule has 2 fully saturated rings. The molecule has 18 heavy (non-hydrogen) atoms. The molecule has 0 aromatic rings. The number of nitrogens with zero attached hydrogens (tertiary/aromatic N) is 1. The van der Waals surface area contributed by atoms with Crippen LogP contribution in [0.3, 0.4) is 0 Å². The first-order valence-electron chi connectivity index (χ1n) is 6.77. The Kier molecular flexibility index (Phi) is 6.38. The van der Waals surface area contributed by atoms with Gasteiger partial charge >= 0.3 is 0 Å². The number of piperidine rings is 1. The summed E-state index contributed by atoms with van der Waals surface area (Å²) in [6, 6.07) is 0.494. The van der Waals surface area contributed by atoms with Gasteiger partial charge in [0.05, 0.1) is 5.75 Å². The quantitative estimate of drug-likeness (QED) is 0.838. The average molecular weight is 297 g/mol. The average Bonchev–Trinajstić information content (AvgIpc) is 2.27. The van der Waals surface area contributed by atoms with Gasteiger partial charge in [-0.1, -0.05) is 19.3 Å². The van der Waals surface area contributed by atoms with E-state index < -0.39 is 10.0 Å². The van der Waals surface area contributed by atoms with E-state index in [0.717, 1.165) is 19.3 Å². The molecule has 1 N–H and O–H groups in total. The van der Waals surface area contributed by atoms with Crippen molar-refractivity contribution >= 4 is 22.4 Å². The Morgan fingerprint density at radius 1 is 1.17 bits per heavy atom. The van der Waals surface area contributed by atoms with Crippen LogP contribution in [0, 0.1) is 5.92 Å².